The van der Waals surface area contributed by atoms with Gasteiger partial charge in [0.2, 0.25) is 5.91 Å². The second kappa shape index (κ2) is 10.9. The number of amides is 1. The molecule has 8 heteroatoms. The van der Waals surface area contributed by atoms with Gasteiger partial charge < -0.3 is 15.4 Å². The highest BCUT2D eigenvalue weighted by molar-refractivity contribution is 6.30. The monoisotopic (exact) mass is 369 g/mol. The molecule has 0 aromatic heterocycles. The van der Waals surface area contributed by atoms with Crippen LogP contribution in [0.4, 0.5) is 0 Å². The lowest BCUT2D eigenvalue weighted by Gasteiger charge is -2.26. The van der Waals surface area contributed by atoms with Gasteiger partial charge >= 0.3 is 0 Å². The summed E-state index contributed by atoms with van der Waals surface area (Å²) in [4.78, 5) is 14.1. The number of rotatable bonds is 5. The number of ether oxygens (including phenoxy) is 1. The van der Waals surface area contributed by atoms with Gasteiger partial charge in [0.05, 0.1) is 13.7 Å². The number of halogens is 3. The molecule has 126 valence electrons. The van der Waals surface area contributed by atoms with Crippen LogP contribution in [0.3, 0.4) is 0 Å². The standard InChI is InChI=1S/C14H20ClN3O2.2ClH/c1-20-13-3-2-12(15)8-11(13)9-17-14(19)10-18-6-4-16-5-7-18;;/h2-3,8,16H,4-7,9-10H2,1H3,(H,17,19);2*1H. The number of piperazine rings is 1. The van der Waals surface area contributed by atoms with Crippen molar-refractivity contribution in [1.82, 2.24) is 15.5 Å². The number of nitrogens with one attached hydrogen (secondary N) is 2. The van der Waals surface area contributed by atoms with Crippen LogP contribution in [0, 0.1) is 0 Å². The number of hydrogen-bond donors (Lipinski definition) is 2. The Balaban J connectivity index is 0.00000220. The largest absolute Gasteiger partial charge is 0.496 e. The lowest BCUT2D eigenvalue weighted by molar-refractivity contribution is -0.122. The number of carbonyl (C=O) groups is 1. The molecule has 1 heterocycles. The van der Waals surface area contributed by atoms with Crippen molar-refractivity contribution in [2.75, 3.05) is 39.8 Å². The summed E-state index contributed by atoms with van der Waals surface area (Å²) in [6.07, 6.45) is 0. The van der Waals surface area contributed by atoms with Crippen LogP contribution in [0.25, 0.3) is 0 Å². The van der Waals surface area contributed by atoms with E-state index in [1.54, 1.807) is 19.2 Å². The Morgan fingerprint density at radius 3 is 2.68 bits per heavy atom. The molecule has 22 heavy (non-hydrogen) atoms. The highest BCUT2D eigenvalue weighted by Crippen LogP contribution is 2.22. The van der Waals surface area contributed by atoms with Gasteiger partial charge in [0.25, 0.3) is 0 Å². The molecule has 1 aliphatic rings. The van der Waals surface area contributed by atoms with Gasteiger partial charge in [-0.25, -0.2) is 0 Å². The molecule has 0 unspecified atom stereocenters. The van der Waals surface area contributed by atoms with Crippen molar-refractivity contribution in [3.63, 3.8) is 0 Å². The highest BCUT2D eigenvalue weighted by atomic mass is 35.5. The van der Waals surface area contributed by atoms with Crippen LogP contribution in [0.1, 0.15) is 5.56 Å². The molecule has 2 N–H and O–H groups in total. The molecular weight excluding hydrogens is 349 g/mol. The summed E-state index contributed by atoms with van der Waals surface area (Å²) in [7, 11) is 1.61. The molecule has 5 nitrogen and oxygen atoms in total. The molecule has 0 saturated carbocycles. The number of methoxy groups -OCH3 is 1. The lowest BCUT2D eigenvalue weighted by atomic mass is 10.2. The van der Waals surface area contributed by atoms with Gasteiger partial charge in [-0.3, -0.25) is 9.69 Å². The Bertz CT molecular complexity index is 469. The van der Waals surface area contributed by atoms with Crippen molar-refractivity contribution in [2.45, 2.75) is 6.54 Å². The van der Waals surface area contributed by atoms with E-state index in [-0.39, 0.29) is 30.7 Å². The minimum atomic E-state index is 0. The SMILES string of the molecule is COc1ccc(Cl)cc1CNC(=O)CN1CCNCC1.Cl.Cl. The van der Waals surface area contributed by atoms with E-state index in [1.807, 2.05) is 6.07 Å². The summed E-state index contributed by atoms with van der Waals surface area (Å²) in [5.41, 5.74) is 0.883. The summed E-state index contributed by atoms with van der Waals surface area (Å²) >= 11 is 5.96. The molecule has 0 aliphatic carbocycles. The number of hydrogen-bond acceptors (Lipinski definition) is 4. The summed E-state index contributed by atoms with van der Waals surface area (Å²) in [5.74, 6) is 0.755. The van der Waals surface area contributed by atoms with E-state index in [0.29, 0.717) is 18.1 Å². The first-order valence-electron chi connectivity index (χ1n) is 6.71. The zero-order valence-electron chi connectivity index (χ0n) is 12.4. The number of benzene rings is 1. The Labute approximate surface area is 148 Å². The van der Waals surface area contributed by atoms with E-state index in [2.05, 4.69) is 15.5 Å². The van der Waals surface area contributed by atoms with E-state index in [9.17, 15) is 4.79 Å². The first-order chi connectivity index (χ1) is 9.69. The summed E-state index contributed by atoms with van der Waals surface area (Å²) in [6, 6.07) is 5.39. The third-order valence-corrected chi connectivity index (χ3v) is 3.53. The van der Waals surface area contributed by atoms with Crippen LogP contribution in [0.5, 0.6) is 5.75 Å². The zero-order valence-corrected chi connectivity index (χ0v) is 14.8. The van der Waals surface area contributed by atoms with Crippen molar-refractivity contribution >= 4 is 42.3 Å². The fourth-order valence-electron chi connectivity index (χ4n) is 2.21. The second-order valence-corrected chi connectivity index (χ2v) is 5.20. The minimum absolute atomic E-state index is 0. The molecule has 0 bridgehead atoms. The van der Waals surface area contributed by atoms with Crippen molar-refractivity contribution in [2.24, 2.45) is 0 Å². The van der Waals surface area contributed by atoms with Gasteiger partial charge in [-0.15, -0.1) is 24.8 Å². The van der Waals surface area contributed by atoms with E-state index in [0.717, 1.165) is 37.5 Å². The normalized spacial score (nSPS) is 14.5. The summed E-state index contributed by atoms with van der Waals surface area (Å²) < 4.78 is 5.25. The fraction of sp³-hybridized carbons (Fsp3) is 0.500. The van der Waals surface area contributed by atoms with E-state index < -0.39 is 0 Å². The Hall–Kier alpha value is -0.720. The van der Waals surface area contributed by atoms with E-state index in [1.165, 1.54) is 0 Å². The number of nitrogens with zero attached hydrogens (tertiary/aromatic N) is 1. The molecule has 0 atom stereocenters. The average Bonchev–Trinajstić information content (AvgIpc) is 2.46. The van der Waals surface area contributed by atoms with Crippen LogP contribution < -0.4 is 15.4 Å². The topological polar surface area (TPSA) is 53.6 Å². The molecular formula is C14H22Cl3N3O2. The molecule has 1 aromatic carbocycles. The Kier molecular flexibility index (Phi) is 10.6. The van der Waals surface area contributed by atoms with Crippen molar-refractivity contribution in [3.05, 3.63) is 28.8 Å². The molecule has 1 fully saturated rings. The first kappa shape index (κ1) is 21.3. The maximum Gasteiger partial charge on any atom is 0.234 e. The molecule has 2 rings (SSSR count). The average molecular weight is 371 g/mol. The molecule has 1 aromatic rings. The molecule has 1 amide bonds. The molecule has 1 aliphatic heterocycles. The molecule has 0 spiro atoms. The second-order valence-electron chi connectivity index (χ2n) is 4.76. The zero-order chi connectivity index (χ0) is 14.4. The van der Waals surface area contributed by atoms with Crippen molar-refractivity contribution in [1.29, 1.82) is 0 Å². The molecule has 1 saturated heterocycles. The van der Waals surface area contributed by atoms with E-state index in [4.69, 9.17) is 16.3 Å². The van der Waals surface area contributed by atoms with Gasteiger partial charge in [0, 0.05) is 43.3 Å². The Morgan fingerprint density at radius 1 is 1.36 bits per heavy atom. The minimum Gasteiger partial charge on any atom is -0.496 e. The smallest absolute Gasteiger partial charge is 0.234 e. The van der Waals surface area contributed by atoms with Gasteiger partial charge in [0.15, 0.2) is 0 Å². The fourth-order valence-corrected chi connectivity index (χ4v) is 2.40. The summed E-state index contributed by atoms with van der Waals surface area (Å²) in [6.45, 7) is 4.56. The van der Waals surface area contributed by atoms with Crippen LogP contribution in [0.2, 0.25) is 5.02 Å². The van der Waals surface area contributed by atoms with Crippen molar-refractivity contribution < 1.29 is 9.53 Å². The third kappa shape index (κ3) is 6.58. The van der Waals surface area contributed by atoms with Crippen LogP contribution in [0.15, 0.2) is 18.2 Å². The molecule has 0 radical (unpaired) electrons. The predicted octanol–water partition coefficient (Wildman–Crippen LogP) is 1.71. The van der Waals surface area contributed by atoms with Crippen LogP contribution in [-0.4, -0.2) is 50.6 Å². The third-order valence-electron chi connectivity index (χ3n) is 3.30. The first-order valence-corrected chi connectivity index (χ1v) is 7.09. The van der Waals surface area contributed by atoms with Gasteiger partial charge in [-0.05, 0) is 18.2 Å². The van der Waals surface area contributed by atoms with E-state index >= 15 is 0 Å². The lowest BCUT2D eigenvalue weighted by Crippen LogP contribution is -2.47. The highest BCUT2D eigenvalue weighted by Gasteiger charge is 2.13. The van der Waals surface area contributed by atoms with Crippen LogP contribution >= 0.6 is 36.4 Å². The number of carbonyl (C=O) groups excluding carboxylic acids is 1. The quantitative estimate of drug-likeness (QED) is 0.828. The van der Waals surface area contributed by atoms with Crippen molar-refractivity contribution in [3.8, 4) is 5.75 Å². The maximum atomic E-state index is 11.9. The van der Waals surface area contributed by atoms with Gasteiger partial charge in [-0.1, -0.05) is 11.6 Å². The Morgan fingerprint density at radius 2 is 2.05 bits per heavy atom. The van der Waals surface area contributed by atoms with Gasteiger partial charge in [0.1, 0.15) is 5.75 Å². The summed E-state index contributed by atoms with van der Waals surface area (Å²) in [5, 5.41) is 6.81. The van der Waals surface area contributed by atoms with Crippen LogP contribution in [-0.2, 0) is 11.3 Å². The van der Waals surface area contributed by atoms with Gasteiger partial charge in [-0.2, -0.15) is 0 Å². The maximum absolute atomic E-state index is 11.9. The predicted molar refractivity (Wildman–Crippen MR) is 93.7 cm³/mol.